The van der Waals surface area contributed by atoms with Gasteiger partial charge in [0.2, 0.25) is 0 Å². The van der Waals surface area contributed by atoms with E-state index < -0.39 is 6.10 Å². The molecule has 1 saturated heterocycles. The summed E-state index contributed by atoms with van der Waals surface area (Å²) in [5.41, 5.74) is 3.14. The average molecular weight is 279 g/mol. The molecule has 1 heterocycles. The first-order chi connectivity index (χ1) is 9.52. The fourth-order valence-electron chi connectivity index (χ4n) is 2.84. The van der Waals surface area contributed by atoms with Crippen molar-refractivity contribution in [3.63, 3.8) is 0 Å². The molecular weight excluding hydrogens is 254 g/mol. The van der Waals surface area contributed by atoms with Crippen molar-refractivity contribution in [2.24, 2.45) is 0 Å². The number of benzene rings is 1. The molecule has 1 fully saturated rings. The number of likely N-dealkylation sites (tertiary alicyclic amines) is 1. The number of hydrogen-bond donors (Lipinski definition) is 2. The van der Waals surface area contributed by atoms with Crippen LogP contribution in [-0.4, -0.2) is 48.0 Å². The van der Waals surface area contributed by atoms with Gasteiger partial charge in [-0.2, -0.15) is 0 Å². The minimum atomic E-state index is -0.491. The second kappa shape index (κ2) is 6.57. The summed E-state index contributed by atoms with van der Waals surface area (Å²) in [6, 6.07) is 3.87. The van der Waals surface area contributed by atoms with Crippen molar-refractivity contribution in [1.82, 2.24) is 4.90 Å². The van der Waals surface area contributed by atoms with Gasteiger partial charge in [-0.05, 0) is 49.4 Å². The zero-order valence-electron chi connectivity index (χ0n) is 12.6. The predicted octanol–water partition coefficient (Wildman–Crippen LogP) is 1.80. The highest BCUT2D eigenvalue weighted by Crippen LogP contribution is 2.28. The third-order valence-electron chi connectivity index (χ3n) is 4.35. The number of methoxy groups -OCH3 is 1. The second-order valence-corrected chi connectivity index (χ2v) is 5.65. The maximum Gasteiger partial charge on any atom is 0.122 e. The van der Waals surface area contributed by atoms with Gasteiger partial charge in [-0.1, -0.05) is 6.07 Å². The number of β-amino-alcohol motifs (C(OH)–C–C–N with tert-alkyl or cyclic N) is 1. The monoisotopic (exact) mass is 279 g/mol. The number of aliphatic hydroxyl groups excluding tert-OH is 2. The summed E-state index contributed by atoms with van der Waals surface area (Å²) in [7, 11) is 1.66. The van der Waals surface area contributed by atoms with Crippen LogP contribution in [0.1, 0.15) is 35.6 Å². The minimum absolute atomic E-state index is 0.173. The topological polar surface area (TPSA) is 52.9 Å². The lowest BCUT2D eigenvalue weighted by Gasteiger charge is -2.31. The predicted molar refractivity (Wildman–Crippen MR) is 79.1 cm³/mol. The quantitative estimate of drug-likeness (QED) is 0.882. The number of piperidine rings is 1. The molecule has 112 valence electrons. The largest absolute Gasteiger partial charge is 0.496 e. The molecule has 0 bridgehead atoms. The van der Waals surface area contributed by atoms with Crippen LogP contribution in [0.5, 0.6) is 5.75 Å². The maximum absolute atomic E-state index is 10.5. The van der Waals surface area contributed by atoms with Crippen LogP contribution in [0.15, 0.2) is 12.1 Å². The summed E-state index contributed by atoms with van der Waals surface area (Å²) >= 11 is 0. The summed E-state index contributed by atoms with van der Waals surface area (Å²) in [6.45, 7) is 6.37. The summed E-state index contributed by atoms with van der Waals surface area (Å²) in [5, 5.41) is 20.0. The summed E-state index contributed by atoms with van der Waals surface area (Å²) in [5.74, 6) is 0.861. The fraction of sp³-hybridized carbons (Fsp3) is 0.625. The van der Waals surface area contributed by atoms with Crippen LogP contribution in [-0.2, 0) is 0 Å². The van der Waals surface area contributed by atoms with Crippen LogP contribution in [0.2, 0.25) is 0 Å². The van der Waals surface area contributed by atoms with E-state index in [9.17, 15) is 10.2 Å². The Kier molecular flexibility index (Phi) is 5.02. The maximum atomic E-state index is 10.5. The first kappa shape index (κ1) is 15.3. The Morgan fingerprint density at radius 1 is 1.25 bits per heavy atom. The van der Waals surface area contributed by atoms with Gasteiger partial charge in [0.1, 0.15) is 5.75 Å². The molecule has 0 radical (unpaired) electrons. The van der Waals surface area contributed by atoms with Crippen molar-refractivity contribution < 1.29 is 14.9 Å². The van der Waals surface area contributed by atoms with Crippen molar-refractivity contribution in [3.8, 4) is 5.75 Å². The Morgan fingerprint density at radius 2 is 1.90 bits per heavy atom. The van der Waals surface area contributed by atoms with Crippen LogP contribution in [0.4, 0.5) is 0 Å². The number of aliphatic hydroxyl groups is 2. The third-order valence-corrected chi connectivity index (χ3v) is 4.35. The molecule has 4 nitrogen and oxygen atoms in total. The van der Waals surface area contributed by atoms with Gasteiger partial charge in [-0.25, -0.2) is 0 Å². The molecule has 1 aromatic rings. The molecule has 0 spiro atoms. The van der Waals surface area contributed by atoms with E-state index >= 15 is 0 Å². The fourth-order valence-corrected chi connectivity index (χ4v) is 2.84. The van der Waals surface area contributed by atoms with Gasteiger partial charge < -0.3 is 19.8 Å². The third kappa shape index (κ3) is 3.32. The Balaban J connectivity index is 2.06. The van der Waals surface area contributed by atoms with Crippen molar-refractivity contribution in [3.05, 3.63) is 28.8 Å². The molecule has 1 atom stereocenters. The van der Waals surface area contributed by atoms with Gasteiger partial charge in [0.25, 0.3) is 0 Å². The average Bonchev–Trinajstić information content (AvgIpc) is 2.44. The molecule has 0 aromatic heterocycles. The van der Waals surface area contributed by atoms with Gasteiger partial charge in [0.05, 0.1) is 19.3 Å². The molecule has 0 aliphatic carbocycles. The van der Waals surface area contributed by atoms with Crippen LogP contribution in [0, 0.1) is 13.8 Å². The smallest absolute Gasteiger partial charge is 0.122 e. The Labute approximate surface area is 121 Å². The van der Waals surface area contributed by atoms with Crippen molar-refractivity contribution >= 4 is 0 Å². The van der Waals surface area contributed by atoms with E-state index in [0.29, 0.717) is 6.54 Å². The van der Waals surface area contributed by atoms with E-state index in [0.717, 1.165) is 48.4 Å². The number of nitrogens with zero attached hydrogens (tertiary/aromatic N) is 1. The minimum Gasteiger partial charge on any atom is -0.496 e. The Bertz CT molecular complexity index is 453. The van der Waals surface area contributed by atoms with E-state index in [1.54, 1.807) is 7.11 Å². The van der Waals surface area contributed by atoms with Crippen molar-refractivity contribution in [2.75, 3.05) is 26.7 Å². The summed E-state index contributed by atoms with van der Waals surface area (Å²) in [4.78, 5) is 2.22. The Morgan fingerprint density at radius 3 is 2.50 bits per heavy atom. The first-order valence-electron chi connectivity index (χ1n) is 7.25. The number of hydrogen-bond acceptors (Lipinski definition) is 4. The highest BCUT2D eigenvalue weighted by atomic mass is 16.5. The van der Waals surface area contributed by atoms with Crippen LogP contribution in [0.3, 0.4) is 0 Å². The molecule has 0 amide bonds. The highest BCUT2D eigenvalue weighted by molar-refractivity contribution is 5.44. The van der Waals surface area contributed by atoms with Gasteiger partial charge in [-0.3, -0.25) is 0 Å². The number of ether oxygens (including phenoxy) is 1. The lowest BCUT2D eigenvalue weighted by molar-refractivity contribution is 0.0506. The molecule has 0 saturated carbocycles. The lowest BCUT2D eigenvalue weighted by atomic mass is 9.97. The molecule has 2 rings (SSSR count). The van der Waals surface area contributed by atoms with Gasteiger partial charge in [-0.15, -0.1) is 0 Å². The van der Waals surface area contributed by atoms with Crippen LogP contribution < -0.4 is 4.74 Å². The van der Waals surface area contributed by atoms with E-state index in [1.165, 1.54) is 0 Å². The van der Waals surface area contributed by atoms with E-state index in [4.69, 9.17) is 4.74 Å². The second-order valence-electron chi connectivity index (χ2n) is 5.65. The van der Waals surface area contributed by atoms with Crippen molar-refractivity contribution in [2.45, 2.75) is 38.9 Å². The molecule has 2 N–H and O–H groups in total. The van der Waals surface area contributed by atoms with E-state index in [1.807, 2.05) is 26.0 Å². The lowest BCUT2D eigenvalue weighted by Crippen LogP contribution is -2.38. The molecular formula is C16H25NO3. The van der Waals surface area contributed by atoms with E-state index in [-0.39, 0.29) is 6.10 Å². The molecule has 20 heavy (non-hydrogen) atoms. The van der Waals surface area contributed by atoms with E-state index in [2.05, 4.69) is 4.90 Å². The molecule has 1 aliphatic heterocycles. The SMILES string of the molecule is COc1ccc(C(O)CN2CCC(O)CC2)c(C)c1C. The van der Waals surface area contributed by atoms with Gasteiger partial charge >= 0.3 is 0 Å². The van der Waals surface area contributed by atoms with Gasteiger partial charge in [0, 0.05) is 19.6 Å². The molecule has 4 heteroatoms. The first-order valence-corrected chi connectivity index (χ1v) is 7.25. The normalized spacial score (nSPS) is 19.1. The molecule has 1 unspecified atom stereocenters. The molecule has 1 aromatic carbocycles. The Hall–Kier alpha value is -1.10. The summed E-state index contributed by atoms with van der Waals surface area (Å²) < 4.78 is 5.30. The van der Waals surface area contributed by atoms with Crippen LogP contribution in [0.25, 0.3) is 0 Å². The highest BCUT2D eigenvalue weighted by Gasteiger charge is 2.21. The van der Waals surface area contributed by atoms with Gasteiger partial charge in [0.15, 0.2) is 0 Å². The van der Waals surface area contributed by atoms with Crippen LogP contribution >= 0.6 is 0 Å². The van der Waals surface area contributed by atoms with Crippen molar-refractivity contribution in [1.29, 1.82) is 0 Å². The standard InChI is InChI=1S/C16H25NO3/c1-11-12(2)16(20-3)5-4-14(11)15(19)10-17-8-6-13(18)7-9-17/h4-5,13,15,18-19H,6-10H2,1-3H3. The zero-order valence-corrected chi connectivity index (χ0v) is 12.6. The molecule has 1 aliphatic rings. The number of rotatable bonds is 4. The summed E-state index contributed by atoms with van der Waals surface area (Å²) in [6.07, 6.45) is 0.934. The zero-order chi connectivity index (χ0) is 14.7.